The number of nitrogens with one attached hydrogen (secondary N) is 2. The molecule has 0 atom stereocenters. The third-order valence-corrected chi connectivity index (χ3v) is 6.32. The van der Waals surface area contributed by atoms with Crippen molar-refractivity contribution in [1.82, 2.24) is 15.3 Å². The van der Waals surface area contributed by atoms with Crippen molar-refractivity contribution in [2.45, 2.75) is 32.7 Å². The van der Waals surface area contributed by atoms with Gasteiger partial charge in [0.05, 0.1) is 6.61 Å². The van der Waals surface area contributed by atoms with Gasteiger partial charge in [0.1, 0.15) is 11.6 Å². The first kappa shape index (κ1) is 21.8. The van der Waals surface area contributed by atoms with Gasteiger partial charge in [0.25, 0.3) is 0 Å². The van der Waals surface area contributed by atoms with Crippen molar-refractivity contribution >= 4 is 34.9 Å². The lowest BCUT2D eigenvalue weighted by molar-refractivity contribution is 0.204. The maximum atomic E-state index is 5.43. The van der Waals surface area contributed by atoms with Crippen LogP contribution < -0.4 is 20.4 Å². The molecule has 7 nitrogen and oxygen atoms in total. The molecule has 0 saturated carbocycles. The van der Waals surface area contributed by atoms with E-state index in [0.717, 1.165) is 50.2 Å². The zero-order valence-electron chi connectivity index (χ0n) is 18.4. The van der Waals surface area contributed by atoms with Crippen molar-refractivity contribution in [3.63, 3.8) is 0 Å². The number of anilines is 3. The topological polar surface area (TPSA) is 65.6 Å². The van der Waals surface area contributed by atoms with Gasteiger partial charge in [-0.15, -0.1) is 0 Å². The second kappa shape index (κ2) is 10.2. The zero-order valence-corrected chi connectivity index (χ0v) is 19.2. The highest BCUT2D eigenvalue weighted by Crippen LogP contribution is 2.28. The number of aromatic nitrogens is 2. The van der Waals surface area contributed by atoms with E-state index < -0.39 is 0 Å². The summed E-state index contributed by atoms with van der Waals surface area (Å²) in [6.07, 6.45) is 3.41. The fourth-order valence-corrected chi connectivity index (χ4v) is 4.34. The van der Waals surface area contributed by atoms with Gasteiger partial charge < -0.3 is 25.2 Å². The van der Waals surface area contributed by atoms with Gasteiger partial charge >= 0.3 is 0 Å². The molecule has 1 aromatic heterocycles. The fraction of sp³-hybridized carbons (Fsp3) is 0.522. The van der Waals surface area contributed by atoms with Gasteiger partial charge in [0, 0.05) is 45.9 Å². The number of hydrogen-bond acceptors (Lipinski definition) is 6. The summed E-state index contributed by atoms with van der Waals surface area (Å²) in [5.74, 6) is 3.23. The van der Waals surface area contributed by atoms with Gasteiger partial charge in [-0.05, 0) is 48.5 Å². The minimum Gasteiger partial charge on any atom is -0.383 e. The van der Waals surface area contributed by atoms with Crippen molar-refractivity contribution in [1.29, 1.82) is 0 Å². The summed E-state index contributed by atoms with van der Waals surface area (Å²) < 4.78 is 5.08. The number of hydrogen-bond donors (Lipinski definition) is 2. The molecule has 0 amide bonds. The largest absolute Gasteiger partial charge is 0.383 e. The highest BCUT2D eigenvalue weighted by Gasteiger charge is 2.22. The van der Waals surface area contributed by atoms with Crippen LogP contribution in [0.1, 0.15) is 30.9 Å². The Kier molecular flexibility index (Phi) is 7.19. The standard InChI is InChI=1S/C23H32N6OS/c1-17-7-11-28(12-8-17)20-15-21(26-22(25-20)27-23(31)24-10-14-30-2)29-13-9-18-5-3-4-6-19(18)16-29/h3-6,15,17H,7-14,16H2,1-2H3,(H2,24,25,26,27,31). The van der Waals surface area contributed by atoms with Crippen LogP contribution in [-0.4, -0.2) is 55.0 Å². The molecule has 31 heavy (non-hydrogen) atoms. The van der Waals surface area contributed by atoms with Gasteiger partial charge in [-0.1, -0.05) is 31.2 Å². The minimum absolute atomic E-state index is 0.511. The van der Waals surface area contributed by atoms with Gasteiger partial charge in [0.2, 0.25) is 5.95 Å². The lowest BCUT2D eigenvalue weighted by Crippen LogP contribution is -2.36. The maximum absolute atomic E-state index is 5.43. The monoisotopic (exact) mass is 440 g/mol. The van der Waals surface area contributed by atoms with Gasteiger partial charge in [-0.3, -0.25) is 0 Å². The van der Waals surface area contributed by atoms with E-state index in [1.54, 1.807) is 7.11 Å². The second-order valence-electron chi connectivity index (χ2n) is 8.39. The number of thiocarbonyl (C=S) groups is 1. The Hall–Kier alpha value is -2.45. The van der Waals surface area contributed by atoms with Crippen LogP contribution in [0, 0.1) is 5.92 Å². The molecule has 2 N–H and O–H groups in total. The predicted octanol–water partition coefficient (Wildman–Crippen LogP) is 3.21. The molecule has 0 spiro atoms. The smallest absolute Gasteiger partial charge is 0.232 e. The highest BCUT2D eigenvalue weighted by atomic mass is 32.1. The molecule has 2 aromatic rings. The van der Waals surface area contributed by atoms with E-state index in [2.05, 4.69) is 57.7 Å². The lowest BCUT2D eigenvalue weighted by Gasteiger charge is -2.33. The first-order valence-electron chi connectivity index (χ1n) is 11.1. The Bertz CT molecular complexity index is 899. The predicted molar refractivity (Wildman–Crippen MR) is 130 cm³/mol. The first-order chi connectivity index (χ1) is 15.1. The SMILES string of the molecule is COCCNC(=S)Nc1nc(N2CCC(C)CC2)cc(N2CCc3ccccc3C2)n1. The van der Waals surface area contributed by atoms with Crippen LogP contribution in [0.25, 0.3) is 0 Å². The molecule has 1 aromatic carbocycles. The van der Waals surface area contributed by atoms with E-state index in [4.69, 9.17) is 26.9 Å². The summed E-state index contributed by atoms with van der Waals surface area (Å²) in [5, 5.41) is 6.82. The Labute approximate surface area is 190 Å². The van der Waals surface area contributed by atoms with Crippen molar-refractivity contribution in [2.24, 2.45) is 5.92 Å². The van der Waals surface area contributed by atoms with Crippen LogP contribution in [0.4, 0.5) is 17.6 Å². The lowest BCUT2D eigenvalue weighted by atomic mass is 9.99. The number of methoxy groups -OCH3 is 1. The fourth-order valence-electron chi connectivity index (χ4n) is 4.14. The molecule has 0 radical (unpaired) electrons. The molecular weight excluding hydrogens is 408 g/mol. The number of nitrogens with zero attached hydrogens (tertiary/aromatic N) is 4. The summed E-state index contributed by atoms with van der Waals surface area (Å²) in [7, 11) is 1.67. The van der Waals surface area contributed by atoms with E-state index in [0.29, 0.717) is 24.2 Å². The van der Waals surface area contributed by atoms with Crippen LogP contribution in [0.2, 0.25) is 0 Å². The Morgan fingerprint density at radius 3 is 2.55 bits per heavy atom. The first-order valence-corrected chi connectivity index (χ1v) is 11.5. The number of fused-ring (bicyclic) bond motifs is 1. The molecule has 2 aliphatic heterocycles. The molecule has 1 fully saturated rings. The molecule has 1 saturated heterocycles. The van der Waals surface area contributed by atoms with Crippen LogP contribution in [-0.2, 0) is 17.7 Å². The number of piperidine rings is 1. The second-order valence-corrected chi connectivity index (χ2v) is 8.80. The number of benzene rings is 1. The van der Waals surface area contributed by atoms with Gasteiger partial charge in [-0.25, -0.2) is 0 Å². The molecule has 0 bridgehead atoms. The van der Waals surface area contributed by atoms with Crippen molar-refractivity contribution in [3.8, 4) is 0 Å². The third-order valence-electron chi connectivity index (χ3n) is 6.08. The Morgan fingerprint density at radius 2 is 1.81 bits per heavy atom. The highest BCUT2D eigenvalue weighted by molar-refractivity contribution is 7.80. The van der Waals surface area contributed by atoms with Gasteiger partial charge in [-0.2, -0.15) is 9.97 Å². The summed E-state index contributed by atoms with van der Waals surface area (Å²) in [4.78, 5) is 14.3. The molecule has 8 heteroatoms. The van der Waals surface area contributed by atoms with E-state index in [9.17, 15) is 0 Å². The molecule has 166 valence electrons. The van der Waals surface area contributed by atoms with E-state index in [1.165, 1.54) is 24.0 Å². The van der Waals surface area contributed by atoms with Crippen molar-refractivity contribution in [3.05, 3.63) is 41.5 Å². The van der Waals surface area contributed by atoms with E-state index >= 15 is 0 Å². The maximum Gasteiger partial charge on any atom is 0.232 e. The molecule has 2 aliphatic rings. The summed E-state index contributed by atoms with van der Waals surface area (Å²) >= 11 is 5.43. The van der Waals surface area contributed by atoms with Crippen molar-refractivity contribution < 1.29 is 4.74 Å². The van der Waals surface area contributed by atoms with Crippen LogP contribution in [0.3, 0.4) is 0 Å². The third kappa shape index (κ3) is 5.62. The number of rotatable bonds is 6. The summed E-state index contributed by atoms with van der Waals surface area (Å²) in [5.41, 5.74) is 2.80. The zero-order chi connectivity index (χ0) is 21.6. The molecule has 0 aliphatic carbocycles. The average Bonchev–Trinajstić information content (AvgIpc) is 2.79. The van der Waals surface area contributed by atoms with Crippen LogP contribution in [0.5, 0.6) is 0 Å². The molecule has 3 heterocycles. The average molecular weight is 441 g/mol. The van der Waals surface area contributed by atoms with Crippen LogP contribution >= 0.6 is 12.2 Å². The van der Waals surface area contributed by atoms with Crippen LogP contribution in [0.15, 0.2) is 30.3 Å². The number of ether oxygens (including phenoxy) is 1. The van der Waals surface area contributed by atoms with Crippen molar-refractivity contribution in [2.75, 3.05) is 55.0 Å². The summed E-state index contributed by atoms with van der Waals surface area (Å²) in [6, 6.07) is 10.8. The van der Waals surface area contributed by atoms with E-state index in [-0.39, 0.29) is 0 Å². The normalized spacial score (nSPS) is 16.7. The Morgan fingerprint density at radius 1 is 1.10 bits per heavy atom. The quantitative estimate of drug-likeness (QED) is 0.524. The molecular formula is C23H32N6OS. The summed E-state index contributed by atoms with van der Waals surface area (Å²) in [6.45, 7) is 7.41. The molecule has 4 rings (SSSR count). The Balaban J connectivity index is 1.56. The van der Waals surface area contributed by atoms with Gasteiger partial charge in [0.15, 0.2) is 5.11 Å². The molecule has 0 unspecified atom stereocenters. The minimum atomic E-state index is 0.511. The van der Waals surface area contributed by atoms with E-state index in [1.807, 2.05) is 0 Å².